The van der Waals surface area contributed by atoms with Crippen molar-refractivity contribution in [1.29, 1.82) is 0 Å². The second-order valence-corrected chi connectivity index (χ2v) is 4.67. The first kappa shape index (κ1) is 14.9. The van der Waals surface area contributed by atoms with Crippen LogP contribution >= 0.6 is 0 Å². The van der Waals surface area contributed by atoms with Crippen LogP contribution in [0.1, 0.15) is 37.3 Å². The van der Waals surface area contributed by atoms with Crippen molar-refractivity contribution in [2.24, 2.45) is 0 Å². The number of methoxy groups -OCH3 is 1. The minimum Gasteiger partial charge on any atom is -0.496 e. The molecule has 0 aliphatic rings. The Morgan fingerprint density at radius 3 is 2.50 bits per heavy atom. The fraction of sp³-hybridized carbons (Fsp3) is 0.571. The van der Waals surface area contributed by atoms with Gasteiger partial charge in [0.15, 0.2) is 0 Å². The van der Waals surface area contributed by atoms with E-state index in [-0.39, 0.29) is 24.3 Å². The minimum atomic E-state index is -2.87. The predicted octanol–water partition coefficient (Wildman–Crippen LogP) is 3.52. The number of hydrogen-bond acceptors (Lipinski definition) is 2. The Bertz CT molecular complexity index is 391. The van der Waals surface area contributed by atoms with Gasteiger partial charge in [0.1, 0.15) is 5.75 Å². The fourth-order valence-electron chi connectivity index (χ4n) is 1.79. The van der Waals surface area contributed by atoms with Crippen molar-refractivity contribution in [3.63, 3.8) is 0 Å². The molecule has 1 aromatic rings. The number of hydrogen-bond donors (Lipinski definition) is 1. The van der Waals surface area contributed by atoms with E-state index in [2.05, 4.69) is 5.32 Å². The van der Waals surface area contributed by atoms with E-state index in [1.807, 2.05) is 13.8 Å². The molecule has 18 heavy (non-hydrogen) atoms. The normalized spacial score (nSPS) is 11.9. The van der Waals surface area contributed by atoms with Gasteiger partial charge < -0.3 is 10.1 Å². The number of nitrogens with one attached hydrogen (secondary N) is 1. The molecule has 0 saturated carbocycles. The predicted molar refractivity (Wildman–Crippen MR) is 69.5 cm³/mol. The highest BCUT2D eigenvalue weighted by atomic mass is 19.3. The summed E-state index contributed by atoms with van der Waals surface area (Å²) in [7, 11) is 3.09. The number of alkyl halides is 2. The summed E-state index contributed by atoms with van der Waals surface area (Å²) >= 11 is 0. The summed E-state index contributed by atoms with van der Waals surface area (Å²) in [5.41, 5.74) is 0.963. The third kappa shape index (κ3) is 3.42. The van der Waals surface area contributed by atoms with Crippen LogP contribution in [0.15, 0.2) is 18.2 Å². The van der Waals surface area contributed by atoms with Gasteiger partial charge in [-0.3, -0.25) is 0 Å². The highest BCUT2D eigenvalue weighted by molar-refractivity contribution is 5.41. The van der Waals surface area contributed by atoms with E-state index < -0.39 is 5.92 Å². The van der Waals surface area contributed by atoms with Crippen molar-refractivity contribution in [1.82, 2.24) is 5.32 Å². The van der Waals surface area contributed by atoms with Gasteiger partial charge in [0.25, 0.3) is 5.92 Å². The Morgan fingerprint density at radius 2 is 2.00 bits per heavy atom. The van der Waals surface area contributed by atoms with E-state index in [4.69, 9.17) is 4.74 Å². The lowest BCUT2D eigenvalue weighted by Crippen LogP contribution is -2.21. The quantitative estimate of drug-likeness (QED) is 0.842. The average Bonchev–Trinajstić information content (AvgIpc) is 2.35. The van der Waals surface area contributed by atoms with E-state index in [9.17, 15) is 8.78 Å². The summed E-state index contributed by atoms with van der Waals surface area (Å²) in [6.45, 7) is 4.31. The summed E-state index contributed by atoms with van der Waals surface area (Å²) < 4.78 is 33.1. The molecule has 0 saturated heterocycles. The molecule has 0 aliphatic carbocycles. The van der Waals surface area contributed by atoms with Gasteiger partial charge in [0.2, 0.25) is 0 Å². The molecule has 1 rings (SSSR count). The summed E-state index contributed by atoms with van der Waals surface area (Å²) in [4.78, 5) is 0. The van der Waals surface area contributed by atoms with Gasteiger partial charge >= 0.3 is 0 Å². The van der Waals surface area contributed by atoms with Crippen molar-refractivity contribution in [3.05, 3.63) is 29.3 Å². The molecule has 4 heteroatoms. The Labute approximate surface area is 107 Å². The first-order valence-corrected chi connectivity index (χ1v) is 6.13. The zero-order valence-corrected chi connectivity index (χ0v) is 11.4. The van der Waals surface area contributed by atoms with Crippen molar-refractivity contribution < 1.29 is 13.5 Å². The maximum atomic E-state index is 14.0. The van der Waals surface area contributed by atoms with E-state index in [1.54, 1.807) is 19.2 Å². The van der Waals surface area contributed by atoms with Crippen LogP contribution < -0.4 is 10.1 Å². The van der Waals surface area contributed by atoms with Crippen LogP contribution in [0.3, 0.4) is 0 Å². The number of rotatable bonds is 6. The standard InChI is InChI=1S/C14H21F2NO/c1-10(2)11-5-6-12(13(9-11)18-4)14(15,16)7-8-17-3/h5-6,9-10,17H,7-8H2,1-4H3. The smallest absolute Gasteiger partial charge is 0.278 e. The van der Waals surface area contributed by atoms with Crippen LogP contribution in [-0.2, 0) is 5.92 Å². The third-order valence-corrected chi connectivity index (χ3v) is 2.98. The van der Waals surface area contributed by atoms with Gasteiger partial charge in [-0.05, 0) is 30.7 Å². The van der Waals surface area contributed by atoms with Gasteiger partial charge in [-0.25, -0.2) is 8.78 Å². The SMILES string of the molecule is CNCCC(F)(F)c1ccc(C(C)C)cc1OC. The highest BCUT2D eigenvalue weighted by Crippen LogP contribution is 2.38. The Balaban J connectivity index is 3.08. The molecule has 102 valence electrons. The molecule has 0 heterocycles. The molecule has 0 aliphatic heterocycles. The van der Waals surface area contributed by atoms with Crippen molar-refractivity contribution >= 4 is 0 Å². The Kier molecular flexibility index (Phi) is 5.08. The lowest BCUT2D eigenvalue weighted by atomic mass is 9.97. The molecule has 2 nitrogen and oxygen atoms in total. The maximum absolute atomic E-state index is 14.0. The van der Waals surface area contributed by atoms with E-state index in [1.165, 1.54) is 13.2 Å². The van der Waals surface area contributed by atoms with Crippen LogP contribution in [0.4, 0.5) is 8.78 Å². The Morgan fingerprint density at radius 1 is 1.33 bits per heavy atom. The summed E-state index contributed by atoms with van der Waals surface area (Å²) in [5, 5.41) is 2.74. The molecule has 0 radical (unpaired) electrons. The minimum absolute atomic E-state index is 0.0374. The van der Waals surface area contributed by atoms with Crippen molar-refractivity contribution in [2.45, 2.75) is 32.1 Å². The van der Waals surface area contributed by atoms with Crippen molar-refractivity contribution in [2.75, 3.05) is 20.7 Å². The molecule has 0 spiro atoms. The monoisotopic (exact) mass is 257 g/mol. The zero-order valence-electron chi connectivity index (χ0n) is 11.4. The third-order valence-electron chi connectivity index (χ3n) is 2.98. The maximum Gasteiger partial charge on any atom is 0.278 e. The molecule has 0 aromatic heterocycles. The molecule has 1 N–H and O–H groups in total. The average molecular weight is 257 g/mol. The molecule has 0 fully saturated rings. The van der Waals surface area contributed by atoms with Gasteiger partial charge in [-0.1, -0.05) is 19.9 Å². The molecule has 0 bridgehead atoms. The van der Waals surface area contributed by atoms with Crippen LogP contribution in [0.5, 0.6) is 5.75 Å². The molecular weight excluding hydrogens is 236 g/mol. The summed E-state index contributed by atoms with van der Waals surface area (Å²) in [6, 6.07) is 4.92. The lowest BCUT2D eigenvalue weighted by molar-refractivity contribution is -0.0144. The molecule has 0 atom stereocenters. The molecular formula is C14H21F2NO. The number of ether oxygens (including phenoxy) is 1. The zero-order chi connectivity index (χ0) is 13.8. The largest absolute Gasteiger partial charge is 0.496 e. The number of benzene rings is 1. The lowest BCUT2D eigenvalue weighted by Gasteiger charge is -2.20. The van der Waals surface area contributed by atoms with Crippen LogP contribution in [0, 0.1) is 0 Å². The first-order chi connectivity index (χ1) is 8.42. The topological polar surface area (TPSA) is 21.3 Å². The number of halogens is 2. The van der Waals surface area contributed by atoms with Gasteiger partial charge in [0, 0.05) is 13.0 Å². The van der Waals surface area contributed by atoms with E-state index in [0.29, 0.717) is 5.92 Å². The second-order valence-electron chi connectivity index (χ2n) is 4.67. The van der Waals surface area contributed by atoms with Gasteiger partial charge in [-0.2, -0.15) is 0 Å². The van der Waals surface area contributed by atoms with Crippen LogP contribution in [0.2, 0.25) is 0 Å². The van der Waals surface area contributed by atoms with E-state index in [0.717, 1.165) is 5.56 Å². The highest BCUT2D eigenvalue weighted by Gasteiger charge is 2.34. The van der Waals surface area contributed by atoms with Crippen LogP contribution in [-0.4, -0.2) is 20.7 Å². The van der Waals surface area contributed by atoms with E-state index >= 15 is 0 Å². The van der Waals surface area contributed by atoms with Gasteiger partial charge in [-0.15, -0.1) is 0 Å². The summed E-state index contributed by atoms with van der Waals surface area (Å²) in [5.74, 6) is -2.31. The fourth-order valence-corrected chi connectivity index (χ4v) is 1.79. The van der Waals surface area contributed by atoms with Crippen molar-refractivity contribution in [3.8, 4) is 5.75 Å². The molecule has 0 amide bonds. The van der Waals surface area contributed by atoms with Crippen LogP contribution in [0.25, 0.3) is 0 Å². The molecule has 1 aromatic carbocycles. The first-order valence-electron chi connectivity index (χ1n) is 6.13. The molecule has 0 unspecified atom stereocenters. The van der Waals surface area contributed by atoms with Gasteiger partial charge in [0.05, 0.1) is 12.7 Å². The summed E-state index contributed by atoms with van der Waals surface area (Å²) in [6.07, 6.45) is -0.235. The Hall–Kier alpha value is -1.16. The second kappa shape index (κ2) is 6.14.